The highest BCUT2D eigenvalue weighted by atomic mass is 32.2. The van der Waals surface area contributed by atoms with Crippen LogP contribution in [0.4, 0.5) is 0 Å². The molecule has 0 amide bonds. The van der Waals surface area contributed by atoms with Crippen molar-refractivity contribution in [3.05, 3.63) is 16.3 Å². The molecule has 10 heteroatoms. The maximum Gasteiger partial charge on any atom is 0.347 e. The molecule has 0 bridgehead atoms. The van der Waals surface area contributed by atoms with E-state index in [0.717, 1.165) is 23.7 Å². The summed E-state index contributed by atoms with van der Waals surface area (Å²) in [6, 6.07) is 1.12. The number of aliphatic hydroxyl groups excluding tert-OH is 1. The zero-order valence-corrected chi connectivity index (χ0v) is 9.90. The van der Waals surface area contributed by atoms with Crippen LogP contribution in [0.25, 0.3) is 0 Å². The lowest BCUT2D eigenvalue weighted by molar-refractivity contribution is 0.0698. The van der Waals surface area contributed by atoms with Gasteiger partial charge in [0.25, 0.3) is 0 Å². The summed E-state index contributed by atoms with van der Waals surface area (Å²) in [6.07, 6.45) is -1.04. The first-order chi connectivity index (χ1) is 7.88. The maximum absolute atomic E-state index is 11.7. The minimum atomic E-state index is -4.15. The number of carboxylic acids is 1. The van der Waals surface area contributed by atoms with Gasteiger partial charge in [-0.25, -0.2) is 18.2 Å². The number of aromatic carboxylic acids is 1. The minimum Gasteiger partial charge on any atom is -0.477 e. The fourth-order valence-electron chi connectivity index (χ4n) is 0.979. The van der Waals surface area contributed by atoms with Crippen molar-refractivity contribution in [3.8, 4) is 0 Å². The van der Waals surface area contributed by atoms with Crippen molar-refractivity contribution in [2.75, 3.05) is 0 Å². The second kappa shape index (κ2) is 5.23. The highest BCUT2D eigenvalue weighted by Gasteiger charge is 2.25. The van der Waals surface area contributed by atoms with Crippen LogP contribution < -0.4 is 10.5 Å². The van der Waals surface area contributed by atoms with Gasteiger partial charge in [0.05, 0.1) is 6.34 Å². The van der Waals surface area contributed by atoms with Gasteiger partial charge in [0.1, 0.15) is 9.77 Å². The zero-order chi connectivity index (χ0) is 13.1. The summed E-state index contributed by atoms with van der Waals surface area (Å²) in [6.45, 7) is 0. The Morgan fingerprint density at radius 2 is 2.29 bits per heavy atom. The van der Waals surface area contributed by atoms with Gasteiger partial charge in [0.15, 0.2) is 0 Å². The van der Waals surface area contributed by atoms with E-state index < -0.39 is 27.2 Å². The summed E-state index contributed by atoms with van der Waals surface area (Å²) < 4.78 is 25.1. The number of aliphatic imine (C=N–C) groups is 1. The molecule has 1 unspecified atom stereocenters. The fraction of sp³-hybridized carbons (Fsp3) is 0.143. The molecule has 0 saturated carbocycles. The number of hydrogen-bond acceptors (Lipinski definition) is 6. The van der Waals surface area contributed by atoms with E-state index in [0.29, 0.717) is 0 Å². The van der Waals surface area contributed by atoms with Gasteiger partial charge in [-0.05, 0) is 11.4 Å². The van der Waals surface area contributed by atoms with Gasteiger partial charge in [0, 0.05) is 0 Å². The first-order valence-corrected chi connectivity index (χ1v) is 6.49. The van der Waals surface area contributed by atoms with E-state index in [4.69, 9.17) is 15.9 Å². The molecule has 0 fully saturated rings. The van der Waals surface area contributed by atoms with Crippen LogP contribution in [0, 0.1) is 0 Å². The Bertz CT molecular complexity index is 535. The summed E-state index contributed by atoms with van der Waals surface area (Å²) in [5.74, 6) is -1.36. The first kappa shape index (κ1) is 13.6. The van der Waals surface area contributed by atoms with E-state index in [1.165, 1.54) is 5.38 Å². The molecule has 0 radical (unpaired) electrons. The predicted octanol–water partition coefficient (Wildman–Crippen LogP) is -1.01. The standard InChI is InChI=1S/C7H9N3O5S2/c8-3-9-7(13)10-17(14,15)4-1-2-16-5(4)6(11)12/h1-3,7,10,13H,(H2,8,9)(H,11,12). The van der Waals surface area contributed by atoms with Crippen LogP contribution in [0.5, 0.6) is 0 Å². The number of nitrogens with one attached hydrogen (secondary N) is 1. The zero-order valence-electron chi connectivity index (χ0n) is 8.27. The van der Waals surface area contributed by atoms with Crippen molar-refractivity contribution in [2.45, 2.75) is 11.2 Å². The predicted molar refractivity (Wildman–Crippen MR) is 60.3 cm³/mol. The smallest absolute Gasteiger partial charge is 0.347 e. The topological polar surface area (TPSA) is 142 Å². The molecule has 1 aromatic rings. The third kappa shape index (κ3) is 3.23. The molecular weight excluding hydrogens is 270 g/mol. The minimum absolute atomic E-state index is 0.346. The molecule has 5 N–H and O–H groups in total. The monoisotopic (exact) mass is 279 g/mol. The van der Waals surface area contributed by atoms with Crippen LogP contribution in [0.3, 0.4) is 0 Å². The summed E-state index contributed by atoms with van der Waals surface area (Å²) in [5.41, 5.74) is 4.87. The molecular formula is C7H9N3O5S2. The molecule has 0 aliphatic rings. The van der Waals surface area contributed by atoms with Gasteiger partial charge in [0.2, 0.25) is 16.4 Å². The van der Waals surface area contributed by atoms with E-state index in [2.05, 4.69) is 4.99 Å². The SMILES string of the molecule is N/C=N/C(O)NS(=O)(=O)c1ccsc1C(=O)O. The van der Waals surface area contributed by atoms with Gasteiger partial charge >= 0.3 is 5.97 Å². The van der Waals surface area contributed by atoms with Gasteiger partial charge < -0.3 is 15.9 Å². The molecule has 94 valence electrons. The normalized spacial score (nSPS) is 13.9. The fourth-order valence-corrected chi connectivity index (χ4v) is 3.21. The molecule has 1 atom stereocenters. The van der Waals surface area contributed by atoms with Crippen molar-refractivity contribution in [1.29, 1.82) is 0 Å². The van der Waals surface area contributed by atoms with Crippen LogP contribution in [0.15, 0.2) is 21.3 Å². The number of thiophene rings is 1. The van der Waals surface area contributed by atoms with Gasteiger partial charge in [-0.3, -0.25) is 0 Å². The second-order valence-corrected chi connectivity index (χ2v) is 5.31. The van der Waals surface area contributed by atoms with Crippen LogP contribution in [-0.4, -0.2) is 37.3 Å². The Kier molecular flexibility index (Phi) is 4.17. The maximum atomic E-state index is 11.7. The van der Waals surface area contributed by atoms with Gasteiger partial charge in [-0.2, -0.15) is 4.72 Å². The lowest BCUT2D eigenvalue weighted by Crippen LogP contribution is -2.34. The highest BCUT2D eigenvalue weighted by molar-refractivity contribution is 7.89. The van der Waals surface area contributed by atoms with E-state index in [1.54, 1.807) is 4.72 Å². The Morgan fingerprint density at radius 3 is 2.82 bits per heavy atom. The molecule has 0 saturated heterocycles. The van der Waals surface area contributed by atoms with E-state index >= 15 is 0 Å². The average Bonchev–Trinajstić information content (AvgIpc) is 2.65. The number of nitrogens with two attached hydrogens (primary N) is 1. The van der Waals surface area contributed by atoms with Crippen LogP contribution in [0.2, 0.25) is 0 Å². The van der Waals surface area contributed by atoms with Gasteiger partial charge in [-0.15, -0.1) is 11.3 Å². The largest absolute Gasteiger partial charge is 0.477 e. The number of aliphatic hydroxyl groups is 1. The third-order valence-electron chi connectivity index (χ3n) is 1.60. The van der Waals surface area contributed by atoms with E-state index in [-0.39, 0.29) is 4.88 Å². The molecule has 0 aliphatic heterocycles. The quantitative estimate of drug-likeness (QED) is 0.309. The number of rotatable bonds is 5. The lowest BCUT2D eigenvalue weighted by atomic mass is 10.5. The lowest BCUT2D eigenvalue weighted by Gasteiger charge is -2.08. The van der Waals surface area contributed by atoms with E-state index in [9.17, 15) is 13.2 Å². The molecule has 1 aromatic heterocycles. The first-order valence-electron chi connectivity index (χ1n) is 4.13. The second-order valence-electron chi connectivity index (χ2n) is 2.71. The Balaban J connectivity index is 3.05. The van der Waals surface area contributed by atoms with Crippen LogP contribution >= 0.6 is 11.3 Å². The third-order valence-corrected chi connectivity index (χ3v) is 4.07. The Hall–Kier alpha value is -1.49. The molecule has 1 rings (SSSR count). The van der Waals surface area contributed by atoms with Crippen molar-refractivity contribution in [3.63, 3.8) is 0 Å². The van der Waals surface area contributed by atoms with Crippen molar-refractivity contribution in [2.24, 2.45) is 10.7 Å². The van der Waals surface area contributed by atoms with Crippen LogP contribution in [0.1, 0.15) is 9.67 Å². The number of carboxylic acid groups (broad SMARTS) is 1. The number of sulfonamides is 1. The van der Waals surface area contributed by atoms with Crippen LogP contribution in [-0.2, 0) is 10.0 Å². The Labute approximate surface area is 100 Å². The summed E-state index contributed by atoms with van der Waals surface area (Å²) in [4.78, 5) is 13.1. The summed E-state index contributed by atoms with van der Waals surface area (Å²) in [7, 11) is -4.15. The van der Waals surface area contributed by atoms with Gasteiger partial charge in [-0.1, -0.05) is 0 Å². The molecule has 0 aliphatic carbocycles. The molecule has 0 spiro atoms. The Morgan fingerprint density at radius 1 is 1.65 bits per heavy atom. The van der Waals surface area contributed by atoms with Crippen molar-refractivity contribution in [1.82, 2.24) is 4.72 Å². The average molecular weight is 279 g/mol. The number of carbonyl (C=O) groups is 1. The molecule has 1 heterocycles. The number of hydrogen-bond donors (Lipinski definition) is 4. The van der Waals surface area contributed by atoms with Crippen molar-refractivity contribution >= 4 is 33.7 Å². The molecule has 8 nitrogen and oxygen atoms in total. The summed E-state index contributed by atoms with van der Waals surface area (Å²) in [5, 5.41) is 19.2. The van der Waals surface area contributed by atoms with E-state index in [1.807, 2.05) is 0 Å². The molecule has 0 aromatic carbocycles. The summed E-state index contributed by atoms with van der Waals surface area (Å²) >= 11 is 0.762. The van der Waals surface area contributed by atoms with Crippen molar-refractivity contribution < 1.29 is 23.4 Å². The number of nitrogens with zero attached hydrogens (tertiary/aromatic N) is 1. The highest BCUT2D eigenvalue weighted by Crippen LogP contribution is 2.21. The molecule has 17 heavy (non-hydrogen) atoms.